The molecule has 0 amide bonds. The van der Waals surface area contributed by atoms with Gasteiger partial charge in [-0.15, -0.1) is 5.10 Å². The second-order valence-electron chi connectivity index (χ2n) is 4.88. The molecule has 0 aliphatic carbocycles. The fourth-order valence-corrected chi connectivity index (χ4v) is 2.92. The van der Waals surface area contributed by atoms with Crippen LogP contribution in [0.3, 0.4) is 0 Å². The van der Waals surface area contributed by atoms with E-state index in [0.29, 0.717) is 11.7 Å². The molecule has 2 heterocycles. The Hall–Kier alpha value is -1.60. The first-order valence-corrected chi connectivity index (χ1v) is 7.35. The van der Waals surface area contributed by atoms with Gasteiger partial charge >= 0.3 is 5.69 Å². The normalized spacial score (nSPS) is 11.2. The molecule has 0 aromatic carbocycles. The van der Waals surface area contributed by atoms with Crippen LogP contribution in [0.4, 0.5) is 0 Å². The van der Waals surface area contributed by atoms with E-state index in [1.165, 1.54) is 11.8 Å². The Morgan fingerprint density at radius 3 is 2.85 bits per heavy atom. The van der Waals surface area contributed by atoms with Gasteiger partial charge in [-0.05, 0) is 56.6 Å². The van der Waals surface area contributed by atoms with Crippen molar-refractivity contribution in [3.05, 3.63) is 33.9 Å². The molecule has 0 aliphatic heterocycles. The van der Waals surface area contributed by atoms with Crippen LogP contribution in [0.15, 0.2) is 27.2 Å². The second kappa shape index (κ2) is 6.23. The summed E-state index contributed by atoms with van der Waals surface area (Å²) in [6, 6.07) is 2.13. The van der Waals surface area contributed by atoms with Crippen molar-refractivity contribution in [3.8, 4) is 0 Å². The highest BCUT2D eigenvalue weighted by molar-refractivity contribution is 7.99. The third-order valence-electron chi connectivity index (χ3n) is 2.90. The predicted molar refractivity (Wildman–Crippen MR) is 79.1 cm³/mol. The number of aromatic amines is 1. The lowest BCUT2D eigenvalue weighted by molar-refractivity contribution is 0.534. The smallest absolute Gasteiger partial charge is 0.330 e. The van der Waals surface area contributed by atoms with Gasteiger partial charge in [0.15, 0.2) is 5.16 Å². The van der Waals surface area contributed by atoms with Crippen molar-refractivity contribution in [1.29, 1.82) is 0 Å². The minimum Gasteiger partial charge on any atom is -0.330 e. The SMILES string of the molecule is Cc1cc(CCN)cnc1Sc1n[nH]c(=O)n1C(C)C. The summed E-state index contributed by atoms with van der Waals surface area (Å²) in [6.07, 6.45) is 2.64. The molecular formula is C13H19N5OS. The Morgan fingerprint density at radius 2 is 2.25 bits per heavy atom. The van der Waals surface area contributed by atoms with Gasteiger partial charge < -0.3 is 5.73 Å². The average Bonchev–Trinajstić information content (AvgIpc) is 2.74. The Kier molecular flexibility index (Phi) is 4.61. The molecule has 6 nitrogen and oxygen atoms in total. The Bertz CT molecular complexity index is 646. The monoisotopic (exact) mass is 293 g/mol. The highest BCUT2D eigenvalue weighted by atomic mass is 32.2. The van der Waals surface area contributed by atoms with Crippen LogP contribution >= 0.6 is 11.8 Å². The van der Waals surface area contributed by atoms with Crippen molar-refractivity contribution < 1.29 is 0 Å². The first-order valence-electron chi connectivity index (χ1n) is 6.53. The van der Waals surface area contributed by atoms with Gasteiger partial charge in [0.25, 0.3) is 0 Å². The molecule has 0 atom stereocenters. The number of nitrogens with one attached hydrogen (secondary N) is 1. The van der Waals surface area contributed by atoms with Crippen molar-refractivity contribution in [2.24, 2.45) is 5.73 Å². The van der Waals surface area contributed by atoms with E-state index in [4.69, 9.17) is 5.73 Å². The lowest BCUT2D eigenvalue weighted by Gasteiger charge is -2.10. The van der Waals surface area contributed by atoms with E-state index in [1.54, 1.807) is 4.57 Å². The molecule has 7 heteroatoms. The van der Waals surface area contributed by atoms with Crippen LogP contribution in [-0.2, 0) is 6.42 Å². The number of pyridine rings is 1. The van der Waals surface area contributed by atoms with E-state index in [2.05, 4.69) is 21.2 Å². The molecule has 0 spiro atoms. The van der Waals surface area contributed by atoms with Gasteiger partial charge in [-0.2, -0.15) is 0 Å². The molecule has 20 heavy (non-hydrogen) atoms. The zero-order valence-electron chi connectivity index (χ0n) is 11.9. The zero-order valence-corrected chi connectivity index (χ0v) is 12.7. The number of hydrogen-bond donors (Lipinski definition) is 2. The fraction of sp³-hybridized carbons (Fsp3) is 0.462. The number of H-pyrrole nitrogens is 1. The van der Waals surface area contributed by atoms with Crippen LogP contribution < -0.4 is 11.4 Å². The third-order valence-corrected chi connectivity index (χ3v) is 3.99. The second-order valence-corrected chi connectivity index (χ2v) is 5.84. The predicted octanol–water partition coefficient (Wildman–Crippen LogP) is 1.51. The molecule has 2 aromatic heterocycles. The van der Waals surface area contributed by atoms with E-state index in [0.717, 1.165) is 22.6 Å². The van der Waals surface area contributed by atoms with Crippen molar-refractivity contribution in [2.75, 3.05) is 6.54 Å². The summed E-state index contributed by atoms with van der Waals surface area (Å²) in [7, 11) is 0. The molecule has 2 aromatic rings. The van der Waals surface area contributed by atoms with E-state index >= 15 is 0 Å². The van der Waals surface area contributed by atoms with Gasteiger partial charge in [-0.25, -0.2) is 14.9 Å². The van der Waals surface area contributed by atoms with Crippen LogP contribution in [0.1, 0.15) is 31.0 Å². The Balaban J connectivity index is 2.29. The minimum atomic E-state index is -0.195. The van der Waals surface area contributed by atoms with Gasteiger partial charge in [-0.3, -0.25) is 4.57 Å². The van der Waals surface area contributed by atoms with Crippen LogP contribution in [0, 0.1) is 6.92 Å². The summed E-state index contributed by atoms with van der Waals surface area (Å²) in [6.45, 7) is 6.51. The quantitative estimate of drug-likeness (QED) is 0.872. The summed E-state index contributed by atoms with van der Waals surface area (Å²) in [5.74, 6) is 0. The molecule has 108 valence electrons. The first kappa shape index (κ1) is 14.8. The van der Waals surface area contributed by atoms with Crippen LogP contribution in [-0.4, -0.2) is 26.3 Å². The van der Waals surface area contributed by atoms with Crippen LogP contribution in [0.25, 0.3) is 0 Å². The van der Waals surface area contributed by atoms with Gasteiger partial charge in [0.1, 0.15) is 5.03 Å². The fourth-order valence-electron chi connectivity index (χ4n) is 1.93. The number of nitrogens with two attached hydrogens (primary N) is 1. The average molecular weight is 293 g/mol. The number of aryl methyl sites for hydroxylation is 1. The molecule has 0 aliphatic rings. The molecule has 0 bridgehead atoms. The van der Waals surface area contributed by atoms with Crippen molar-refractivity contribution in [1.82, 2.24) is 19.7 Å². The minimum absolute atomic E-state index is 0.0561. The maximum absolute atomic E-state index is 11.7. The third kappa shape index (κ3) is 3.10. The van der Waals surface area contributed by atoms with Crippen LogP contribution in [0.2, 0.25) is 0 Å². The van der Waals surface area contributed by atoms with E-state index in [-0.39, 0.29) is 11.7 Å². The van der Waals surface area contributed by atoms with E-state index in [1.807, 2.05) is 27.0 Å². The lowest BCUT2D eigenvalue weighted by Crippen LogP contribution is -2.19. The molecule has 0 saturated carbocycles. The van der Waals surface area contributed by atoms with Gasteiger partial charge in [0.05, 0.1) is 0 Å². The highest BCUT2D eigenvalue weighted by Crippen LogP contribution is 2.27. The van der Waals surface area contributed by atoms with Gasteiger partial charge in [0.2, 0.25) is 0 Å². The molecule has 3 N–H and O–H groups in total. The number of rotatable bonds is 5. The molecule has 0 unspecified atom stereocenters. The molecule has 0 saturated heterocycles. The van der Waals surface area contributed by atoms with Crippen molar-refractivity contribution in [2.45, 2.75) is 43.4 Å². The van der Waals surface area contributed by atoms with Crippen molar-refractivity contribution in [3.63, 3.8) is 0 Å². The standard InChI is InChI=1S/C13H19N5OS/c1-8(2)18-12(19)16-17-13(18)20-11-9(3)6-10(4-5-14)7-15-11/h6-8H,4-5,14H2,1-3H3,(H,16,19). The molecular weight excluding hydrogens is 274 g/mol. The Morgan fingerprint density at radius 1 is 1.50 bits per heavy atom. The maximum Gasteiger partial charge on any atom is 0.344 e. The summed E-state index contributed by atoms with van der Waals surface area (Å²) < 4.78 is 1.62. The van der Waals surface area contributed by atoms with E-state index < -0.39 is 0 Å². The number of aromatic nitrogens is 4. The molecule has 0 fully saturated rings. The highest BCUT2D eigenvalue weighted by Gasteiger charge is 2.14. The van der Waals surface area contributed by atoms with E-state index in [9.17, 15) is 4.79 Å². The number of nitrogens with zero attached hydrogens (tertiary/aromatic N) is 3. The Labute approximate surface area is 121 Å². The largest absolute Gasteiger partial charge is 0.344 e. The topological polar surface area (TPSA) is 89.6 Å². The summed E-state index contributed by atoms with van der Waals surface area (Å²) in [5.41, 5.74) is 7.53. The summed E-state index contributed by atoms with van der Waals surface area (Å²) >= 11 is 1.40. The van der Waals surface area contributed by atoms with Crippen molar-refractivity contribution >= 4 is 11.8 Å². The summed E-state index contributed by atoms with van der Waals surface area (Å²) in [5, 5.41) is 8.03. The number of hydrogen-bond acceptors (Lipinski definition) is 5. The summed E-state index contributed by atoms with van der Waals surface area (Å²) in [4.78, 5) is 16.1. The molecule has 0 radical (unpaired) electrons. The molecule has 2 rings (SSSR count). The van der Waals surface area contributed by atoms with Gasteiger partial charge in [0, 0.05) is 12.2 Å². The van der Waals surface area contributed by atoms with Crippen LogP contribution in [0.5, 0.6) is 0 Å². The van der Waals surface area contributed by atoms with Gasteiger partial charge in [-0.1, -0.05) is 6.07 Å². The lowest BCUT2D eigenvalue weighted by atomic mass is 10.2. The first-order chi connectivity index (χ1) is 9.52. The maximum atomic E-state index is 11.7. The zero-order chi connectivity index (χ0) is 14.7.